The van der Waals surface area contributed by atoms with E-state index < -0.39 is 27.1 Å². The molecule has 11 nitrogen and oxygen atoms in total. The molecule has 0 bridgehead atoms. The number of thioether (sulfide) groups is 1. The smallest absolute Gasteiger partial charge is 0.369 e. The standard InChI is InChI=1S/C24H26F3N7O4S2/c1-33(38-23(35)24(25,26)27)40(36,37)18-7-8-20(39-2)19(13-18)32-22-14-21(29-15-30-22)31-16-3-5-17(6-4-16)34-11-9-28-10-12-34/h3-8,13-15,28H,9-12H2,1-2H3,(H2,29,30,31,32). The molecule has 0 radical (unpaired) electrons. The van der Waals surface area contributed by atoms with Crippen molar-refractivity contribution in [1.29, 1.82) is 0 Å². The lowest BCUT2D eigenvalue weighted by Crippen LogP contribution is -2.43. The van der Waals surface area contributed by atoms with Gasteiger partial charge in [-0.1, -0.05) is 0 Å². The average Bonchev–Trinajstić information content (AvgIpc) is 2.93. The van der Waals surface area contributed by atoms with E-state index in [4.69, 9.17) is 0 Å². The van der Waals surface area contributed by atoms with Crippen molar-refractivity contribution in [1.82, 2.24) is 19.8 Å². The van der Waals surface area contributed by atoms with Crippen molar-refractivity contribution in [3.05, 3.63) is 54.9 Å². The summed E-state index contributed by atoms with van der Waals surface area (Å²) in [6.45, 7) is 3.74. The summed E-state index contributed by atoms with van der Waals surface area (Å²) >= 11 is 1.30. The quantitative estimate of drug-likeness (QED) is 0.247. The molecule has 0 amide bonds. The Kier molecular flexibility index (Phi) is 9.02. The third-order valence-electron chi connectivity index (χ3n) is 5.80. The number of alkyl halides is 3. The molecule has 3 N–H and O–H groups in total. The van der Waals surface area contributed by atoms with Gasteiger partial charge in [-0.2, -0.15) is 13.2 Å². The number of hydroxylamine groups is 1. The third kappa shape index (κ3) is 7.12. The Labute approximate surface area is 233 Å². The third-order valence-corrected chi connectivity index (χ3v) is 8.20. The summed E-state index contributed by atoms with van der Waals surface area (Å²) in [6.07, 6.45) is -2.27. The Morgan fingerprint density at radius 3 is 2.33 bits per heavy atom. The molecule has 0 aliphatic carbocycles. The fraction of sp³-hybridized carbons (Fsp3) is 0.292. The van der Waals surface area contributed by atoms with Crippen molar-refractivity contribution < 1.29 is 31.2 Å². The van der Waals surface area contributed by atoms with Gasteiger partial charge in [-0.05, 0) is 53.2 Å². The largest absolute Gasteiger partial charge is 0.492 e. The van der Waals surface area contributed by atoms with Crippen LogP contribution in [0.15, 0.2) is 64.6 Å². The fourth-order valence-corrected chi connectivity index (χ4v) is 5.27. The first-order valence-electron chi connectivity index (χ1n) is 11.9. The van der Waals surface area contributed by atoms with Crippen molar-refractivity contribution in [2.24, 2.45) is 0 Å². The van der Waals surface area contributed by atoms with Crippen molar-refractivity contribution in [2.75, 3.05) is 55.0 Å². The number of carbonyl (C=O) groups is 1. The van der Waals surface area contributed by atoms with E-state index in [1.165, 1.54) is 36.3 Å². The van der Waals surface area contributed by atoms with Gasteiger partial charge in [-0.25, -0.2) is 23.2 Å². The van der Waals surface area contributed by atoms with Crippen LogP contribution in [0.25, 0.3) is 0 Å². The number of halogens is 3. The minimum Gasteiger partial charge on any atom is -0.369 e. The number of aromatic nitrogens is 2. The molecule has 1 aliphatic rings. The second kappa shape index (κ2) is 12.3. The van der Waals surface area contributed by atoms with E-state index in [1.54, 1.807) is 12.3 Å². The van der Waals surface area contributed by atoms with Gasteiger partial charge in [-0.15, -0.1) is 11.8 Å². The van der Waals surface area contributed by atoms with Gasteiger partial charge in [0.05, 0.1) is 10.6 Å². The second-order valence-electron chi connectivity index (χ2n) is 8.48. The molecule has 4 rings (SSSR count). The maximum absolute atomic E-state index is 12.8. The van der Waals surface area contributed by atoms with Crippen LogP contribution >= 0.6 is 11.8 Å². The van der Waals surface area contributed by atoms with Gasteiger partial charge in [0.1, 0.15) is 18.0 Å². The van der Waals surface area contributed by atoms with Crippen LogP contribution in [0.2, 0.25) is 0 Å². The zero-order valence-corrected chi connectivity index (χ0v) is 23.0. The van der Waals surface area contributed by atoms with Crippen LogP contribution in [0.5, 0.6) is 0 Å². The predicted octanol–water partition coefficient (Wildman–Crippen LogP) is 3.74. The molecule has 214 valence electrons. The number of sulfonamides is 1. The molecule has 1 aromatic heterocycles. The number of benzene rings is 2. The molecule has 0 atom stereocenters. The summed E-state index contributed by atoms with van der Waals surface area (Å²) in [5.41, 5.74) is 2.24. The first-order chi connectivity index (χ1) is 19.0. The second-order valence-corrected chi connectivity index (χ2v) is 11.3. The number of hydrogen-bond donors (Lipinski definition) is 3. The topological polar surface area (TPSA) is 129 Å². The SMILES string of the molecule is CSc1ccc(S(=O)(=O)N(C)OC(=O)C(F)(F)F)cc1Nc1cc(Nc2ccc(N3CCNCC3)cc2)ncn1. The number of rotatable bonds is 9. The molecule has 0 spiro atoms. The summed E-state index contributed by atoms with van der Waals surface area (Å²) in [4.78, 5) is 26.0. The molecule has 2 heterocycles. The lowest BCUT2D eigenvalue weighted by Gasteiger charge is -2.29. The number of hydrogen-bond acceptors (Lipinski definition) is 11. The monoisotopic (exact) mass is 597 g/mol. The van der Waals surface area contributed by atoms with Crippen LogP contribution in [0.3, 0.4) is 0 Å². The number of anilines is 5. The molecule has 2 aromatic carbocycles. The Morgan fingerprint density at radius 2 is 1.70 bits per heavy atom. The van der Waals surface area contributed by atoms with E-state index in [1.807, 2.05) is 24.3 Å². The van der Waals surface area contributed by atoms with Gasteiger partial charge in [0, 0.05) is 55.6 Å². The van der Waals surface area contributed by atoms with Gasteiger partial charge in [0.2, 0.25) is 0 Å². The van der Waals surface area contributed by atoms with Gasteiger partial charge in [0.15, 0.2) is 0 Å². The maximum atomic E-state index is 12.8. The van der Waals surface area contributed by atoms with Gasteiger partial charge < -0.3 is 25.7 Å². The van der Waals surface area contributed by atoms with Crippen LogP contribution in [-0.2, 0) is 19.7 Å². The summed E-state index contributed by atoms with van der Waals surface area (Å²) in [7, 11) is -3.90. The predicted molar refractivity (Wildman–Crippen MR) is 145 cm³/mol. The fourth-order valence-electron chi connectivity index (χ4n) is 3.77. The van der Waals surface area contributed by atoms with Crippen LogP contribution in [0, 0.1) is 0 Å². The molecule has 0 saturated carbocycles. The minimum atomic E-state index is -5.36. The van der Waals surface area contributed by atoms with Crippen molar-refractivity contribution in [3.63, 3.8) is 0 Å². The van der Waals surface area contributed by atoms with Crippen LogP contribution in [0.4, 0.5) is 41.9 Å². The van der Waals surface area contributed by atoms with E-state index >= 15 is 0 Å². The highest BCUT2D eigenvalue weighted by atomic mass is 32.2. The highest BCUT2D eigenvalue weighted by Crippen LogP contribution is 2.32. The Balaban J connectivity index is 1.50. The maximum Gasteiger partial charge on any atom is 0.492 e. The summed E-state index contributed by atoms with van der Waals surface area (Å²) in [6, 6.07) is 13.4. The lowest BCUT2D eigenvalue weighted by molar-refractivity contribution is -0.219. The molecule has 0 unspecified atom stereocenters. The zero-order chi connectivity index (χ0) is 28.9. The molecule has 1 saturated heterocycles. The van der Waals surface area contributed by atoms with Crippen LogP contribution in [-0.4, -0.2) is 74.5 Å². The first-order valence-corrected chi connectivity index (χ1v) is 14.5. The lowest BCUT2D eigenvalue weighted by atomic mass is 10.2. The van der Waals surface area contributed by atoms with Crippen molar-refractivity contribution in [3.8, 4) is 0 Å². The molecule has 1 aliphatic heterocycles. The first kappa shape index (κ1) is 29.4. The number of carbonyl (C=O) groups excluding carboxylic acids is 1. The van der Waals surface area contributed by atoms with E-state index in [9.17, 15) is 26.4 Å². The van der Waals surface area contributed by atoms with Gasteiger partial charge in [0.25, 0.3) is 10.0 Å². The number of nitrogens with zero attached hydrogens (tertiary/aromatic N) is 4. The van der Waals surface area contributed by atoms with E-state index in [0.717, 1.165) is 37.6 Å². The van der Waals surface area contributed by atoms with Crippen molar-refractivity contribution >= 4 is 56.5 Å². The van der Waals surface area contributed by atoms with Crippen LogP contribution < -0.4 is 20.9 Å². The number of piperazine rings is 1. The van der Waals surface area contributed by atoms with E-state index in [-0.39, 0.29) is 4.47 Å². The molecule has 16 heteroatoms. The van der Waals surface area contributed by atoms with E-state index in [2.05, 4.69) is 35.7 Å². The normalized spacial score (nSPS) is 14.2. The Morgan fingerprint density at radius 1 is 1.05 bits per heavy atom. The van der Waals surface area contributed by atoms with Gasteiger partial charge >= 0.3 is 12.1 Å². The van der Waals surface area contributed by atoms with E-state index in [0.29, 0.717) is 29.3 Å². The molecule has 1 fully saturated rings. The summed E-state index contributed by atoms with van der Waals surface area (Å²) in [5.74, 6) is -1.85. The molecule has 3 aromatic rings. The summed E-state index contributed by atoms with van der Waals surface area (Å²) in [5, 5.41) is 9.55. The highest BCUT2D eigenvalue weighted by molar-refractivity contribution is 7.98. The van der Waals surface area contributed by atoms with Crippen molar-refractivity contribution in [2.45, 2.75) is 16.0 Å². The summed E-state index contributed by atoms with van der Waals surface area (Å²) < 4.78 is 63.1. The van der Waals surface area contributed by atoms with Crippen LogP contribution in [0.1, 0.15) is 0 Å². The Hall–Kier alpha value is -3.60. The zero-order valence-electron chi connectivity index (χ0n) is 21.4. The molecular weight excluding hydrogens is 571 g/mol. The molecule has 40 heavy (non-hydrogen) atoms. The highest BCUT2D eigenvalue weighted by Gasteiger charge is 2.43. The molecular formula is C24H26F3N7O4S2. The number of nitrogens with one attached hydrogen (secondary N) is 3. The average molecular weight is 598 g/mol. The Bertz CT molecular complexity index is 1450. The minimum absolute atomic E-state index is 0.124. The van der Waals surface area contributed by atoms with Gasteiger partial charge in [-0.3, -0.25) is 0 Å².